The van der Waals surface area contributed by atoms with Gasteiger partial charge in [-0.25, -0.2) is 4.79 Å². The molecule has 5 nitrogen and oxygen atoms in total. The molecule has 2 N–H and O–H groups in total. The van der Waals surface area contributed by atoms with Crippen LogP contribution >= 0.6 is 15.9 Å². The van der Waals surface area contributed by atoms with E-state index in [1.165, 1.54) is 18.2 Å². The fraction of sp³-hybridized carbons (Fsp3) is 0.385. The molecule has 1 aromatic rings. The normalized spacial score (nSPS) is 12.8. The van der Waals surface area contributed by atoms with E-state index < -0.39 is 22.3 Å². The molecular weight excluding hydrogens is 346 g/mol. The van der Waals surface area contributed by atoms with E-state index in [2.05, 4.69) is 21.2 Å². The molecule has 7 heteroatoms. The van der Waals surface area contributed by atoms with Crippen molar-refractivity contribution in [3.8, 4) is 0 Å². The van der Waals surface area contributed by atoms with Gasteiger partial charge in [-0.15, -0.1) is 0 Å². The van der Waals surface area contributed by atoms with Crippen molar-refractivity contribution in [2.75, 3.05) is 5.75 Å². The highest BCUT2D eigenvalue weighted by Crippen LogP contribution is 2.20. The van der Waals surface area contributed by atoms with Gasteiger partial charge < -0.3 is 10.4 Å². The highest BCUT2D eigenvalue weighted by Gasteiger charge is 2.18. The smallest absolute Gasteiger partial charge is 0.336 e. The number of carbonyl (C=O) groups is 2. The molecule has 0 saturated carbocycles. The van der Waals surface area contributed by atoms with Crippen molar-refractivity contribution in [2.24, 2.45) is 0 Å². The molecule has 0 aliphatic heterocycles. The van der Waals surface area contributed by atoms with E-state index in [0.29, 0.717) is 9.37 Å². The van der Waals surface area contributed by atoms with Gasteiger partial charge >= 0.3 is 5.97 Å². The highest BCUT2D eigenvalue weighted by molar-refractivity contribution is 9.10. The molecule has 0 spiro atoms. The Bertz CT molecular complexity index is 566. The Morgan fingerprint density at radius 3 is 2.45 bits per heavy atom. The highest BCUT2D eigenvalue weighted by atomic mass is 79.9. The van der Waals surface area contributed by atoms with E-state index in [-0.39, 0.29) is 17.2 Å². The number of hydrogen-bond donors (Lipinski definition) is 2. The summed E-state index contributed by atoms with van der Waals surface area (Å²) in [7, 11) is -1.58. The molecule has 0 saturated heterocycles. The molecule has 20 heavy (non-hydrogen) atoms. The minimum atomic E-state index is -1.58. The third-order valence-corrected chi connectivity index (χ3v) is 4.20. The number of rotatable bonds is 4. The SMILES string of the molecule is CC(C)(C)NC(=O)CS(=O)c1ccc(Br)c(C(=O)O)c1. The molecule has 0 aromatic heterocycles. The summed E-state index contributed by atoms with van der Waals surface area (Å²) < 4.78 is 12.5. The van der Waals surface area contributed by atoms with Crippen LogP contribution in [-0.4, -0.2) is 32.5 Å². The first-order valence-electron chi connectivity index (χ1n) is 5.82. The first-order chi connectivity index (χ1) is 9.10. The quantitative estimate of drug-likeness (QED) is 0.860. The zero-order chi connectivity index (χ0) is 15.5. The zero-order valence-corrected chi connectivity index (χ0v) is 13.8. The van der Waals surface area contributed by atoms with Gasteiger partial charge in [0.2, 0.25) is 5.91 Å². The van der Waals surface area contributed by atoms with E-state index in [4.69, 9.17) is 5.11 Å². The Balaban J connectivity index is 2.86. The van der Waals surface area contributed by atoms with Crippen LogP contribution in [0.1, 0.15) is 31.1 Å². The molecule has 0 radical (unpaired) electrons. The second kappa shape index (κ2) is 6.49. The second-order valence-corrected chi connectivity index (χ2v) is 7.54. The lowest BCUT2D eigenvalue weighted by Crippen LogP contribution is -2.42. The van der Waals surface area contributed by atoms with Crippen molar-refractivity contribution in [3.05, 3.63) is 28.2 Å². The average molecular weight is 362 g/mol. The molecule has 1 atom stereocenters. The zero-order valence-electron chi connectivity index (χ0n) is 11.4. The number of carboxylic acids is 1. The van der Waals surface area contributed by atoms with Gasteiger partial charge in [0.05, 0.1) is 16.4 Å². The first kappa shape index (κ1) is 16.8. The summed E-state index contributed by atoms with van der Waals surface area (Å²) in [5.41, 5.74) is -0.375. The van der Waals surface area contributed by atoms with Crippen LogP contribution in [0.2, 0.25) is 0 Å². The fourth-order valence-corrected chi connectivity index (χ4v) is 2.83. The third kappa shape index (κ3) is 5.05. The van der Waals surface area contributed by atoms with Crippen molar-refractivity contribution >= 4 is 38.6 Å². The maximum Gasteiger partial charge on any atom is 0.336 e. The average Bonchev–Trinajstić information content (AvgIpc) is 2.26. The molecule has 0 aliphatic carbocycles. The molecule has 1 unspecified atom stereocenters. The van der Waals surface area contributed by atoms with Gasteiger partial charge in [0.15, 0.2) is 0 Å². The van der Waals surface area contributed by atoms with Crippen LogP contribution in [0.25, 0.3) is 0 Å². The van der Waals surface area contributed by atoms with Crippen molar-refractivity contribution in [3.63, 3.8) is 0 Å². The van der Waals surface area contributed by atoms with Crippen molar-refractivity contribution in [2.45, 2.75) is 31.2 Å². The summed E-state index contributed by atoms with van der Waals surface area (Å²) in [5, 5.41) is 11.7. The number of benzene rings is 1. The van der Waals surface area contributed by atoms with Crippen molar-refractivity contribution in [1.82, 2.24) is 5.32 Å². The topological polar surface area (TPSA) is 83.5 Å². The summed E-state index contributed by atoms with van der Waals surface area (Å²) in [6.07, 6.45) is 0. The van der Waals surface area contributed by atoms with Gasteiger partial charge in [-0.2, -0.15) is 0 Å². The van der Waals surface area contributed by atoms with Crippen LogP contribution in [0.15, 0.2) is 27.6 Å². The summed E-state index contributed by atoms with van der Waals surface area (Å²) in [5.74, 6) is -1.65. The van der Waals surface area contributed by atoms with Gasteiger partial charge in [0.1, 0.15) is 5.75 Å². The standard InChI is InChI=1S/C13H16BrNO4S/c1-13(2,3)15-11(16)7-20(19)8-4-5-10(14)9(6-8)12(17)18/h4-6H,7H2,1-3H3,(H,15,16)(H,17,18). The Hall–Kier alpha value is -1.21. The number of carboxylic acid groups (broad SMARTS) is 1. The summed E-state index contributed by atoms with van der Waals surface area (Å²) in [4.78, 5) is 23.0. The van der Waals surface area contributed by atoms with Gasteiger partial charge in [-0.3, -0.25) is 9.00 Å². The Morgan fingerprint density at radius 1 is 1.35 bits per heavy atom. The summed E-state index contributed by atoms with van der Waals surface area (Å²) in [6.45, 7) is 5.49. The van der Waals surface area contributed by atoms with Crippen LogP contribution < -0.4 is 5.32 Å². The first-order valence-corrected chi connectivity index (χ1v) is 7.93. The molecule has 0 heterocycles. The lowest BCUT2D eigenvalue weighted by Gasteiger charge is -2.20. The fourth-order valence-electron chi connectivity index (χ4n) is 1.47. The van der Waals surface area contributed by atoms with E-state index in [9.17, 15) is 13.8 Å². The van der Waals surface area contributed by atoms with Crippen LogP contribution in [0.4, 0.5) is 0 Å². The largest absolute Gasteiger partial charge is 0.478 e. The van der Waals surface area contributed by atoms with E-state index in [0.717, 1.165) is 0 Å². The number of halogens is 1. The summed E-state index contributed by atoms with van der Waals surface area (Å²) >= 11 is 3.11. The number of aromatic carboxylic acids is 1. The van der Waals surface area contributed by atoms with Crippen molar-refractivity contribution < 1.29 is 18.9 Å². The van der Waals surface area contributed by atoms with E-state index in [1.807, 2.05) is 20.8 Å². The number of amides is 1. The number of carbonyl (C=O) groups excluding carboxylic acids is 1. The lowest BCUT2D eigenvalue weighted by molar-refractivity contribution is -0.119. The molecule has 1 amide bonds. The van der Waals surface area contributed by atoms with Crippen LogP contribution in [-0.2, 0) is 15.6 Å². The van der Waals surface area contributed by atoms with Crippen LogP contribution in [0, 0.1) is 0 Å². The Labute approximate surface area is 128 Å². The monoisotopic (exact) mass is 361 g/mol. The third-order valence-electron chi connectivity index (χ3n) is 2.21. The van der Waals surface area contributed by atoms with E-state index in [1.54, 1.807) is 0 Å². The lowest BCUT2D eigenvalue weighted by atomic mass is 10.1. The van der Waals surface area contributed by atoms with Gasteiger partial charge in [-0.05, 0) is 54.9 Å². The predicted octanol–water partition coefficient (Wildman–Crippen LogP) is 2.17. The van der Waals surface area contributed by atoms with Crippen molar-refractivity contribution in [1.29, 1.82) is 0 Å². The molecule has 0 aliphatic rings. The van der Waals surface area contributed by atoms with Gasteiger partial charge in [0.25, 0.3) is 0 Å². The molecule has 110 valence electrons. The van der Waals surface area contributed by atoms with Gasteiger partial charge in [-0.1, -0.05) is 0 Å². The summed E-state index contributed by atoms with van der Waals surface area (Å²) in [6, 6.07) is 4.36. The minimum Gasteiger partial charge on any atom is -0.478 e. The molecule has 1 rings (SSSR count). The maximum absolute atomic E-state index is 12.1. The Kier molecular flexibility index (Phi) is 5.47. The molecular formula is C13H16BrNO4S. The predicted molar refractivity (Wildman–Crippen MR) is 80.3 cm³/mol. The molecule has 0 fully saturated rings. The van der Waals surface area contributed by atoms with Crippen LogP contribution in [0.3, 0.4) is 0 Å². The molecule has 0 bridgehead atoms. The number of nitrogens with one attached hydrogen (secondary N) is 1. The minimum absolute atomic E-state index is 0.0204. The second-order valence-electron chi connectivity index (χ2n) is 5.23. The molecule has 1 aromatic carbocycles. The number of hydrogen-bond acceptors (Lipinski definition) is 3. The van der Waals surface area contributed by atoms with Gasteiger partial charge in [0, 0.05) is 14.9 Å². The van der Waals surface area contributed by atoms with E-state index >= 15 is 0 Å². The maximum atomic E-state index is 12.1. The Morgan fingerprint density at radius 2 is 1.95 bits per heavy atom. The van der Waals surface area contributed by atoms with Crippen LogP contribution in [0.5, 0.6) is 0 Å².